The Morgan fingerprint density at radius 1 is 1.06 bits per heavy atom. The number of hydrogen-bond donors (Lipinski definition) is 2. The minimum Gasteiger partial charge on any atom is -0.497 e. The van der Waals surface area contributed by atoms with Crippen molar-refractivity contribution < 1.29 is 27.5 Å². The Morgan fingerprint density at radius 2 is 1.74 bits per heavy atom. The van der Waals surface area contributed by atoms with E-state index in [4.69, 9.17) is 9.47 Å². The first-order chi connectivity index (χ1) is 14.9. The van der Waals surface area contributed by atoms with E-state index in [9.17, 15) is 18.0 Å². The first-order valence-corrected chi connectivity index (χ1v) is 11.2. The molecule has 1 unspecified atom stereocenters. The summed E-state index contributed by atoms with van der Waals surface area (Å²) >= 11 is 0. The van der Waals surface area contributed by atoms with Crippen LogP contribution in [0.5, 0.6) is 5.75 Å². The van der Waals surface area contributed by atoms with Gasteiger partial charge in [0.05, 0.1) is 25.2 Å². The fourth-order valence-corrected chi connectivity index (χ4v) is 4.68. The van der Waals surface area contributed by atoms with E-state index in [1.165, 1.54) is 16.4 Å². The molecule has 1 heterocycles. The average Bonchev–Trinajstić information content (AvgIpc) is 2.82. The highest BCUT2D eigenvalue weighted by Gasteiger charge is 2.34. The van der Waals surface area contributed by atoms with Crippen molar-refractivity contribution >= 4 is 21.8 Å². The molecule has 31 heavy (non-hydrogen) atoms. The zero-order valence-electron chi connectivity index (χ0n) is 17.1. The van der Waals surface area contributed by atoms with Gasteiger partial charge in [-0.15, -0.1) is 0 Å². The molecule has 1 fully saturated rings. The van der Waals surface area contributed by atoms with Gasteiger partial charge in [-0.3, -0.25) is 9.59 Å². The summed E-state index contributed by atoms with van der Waals surface area (Å²) in [5.74, 6) is -0.987. The molecule has 1 aliphatic rings. The van der Waals surface area contributed by atoms with E-state index in [2.05, 4.69) is 10.6 Å². The highest BCUT2D eigenvalue weighted by atomic mass is 32.2. The molecule has 1 aliphatic heterocycles. The molecule has 1 atom stereocenters. The van der Waals surface area contributed by atoms with Crippen LogP contribution in [0.25, 0.3) is 0 Å². The predicted octanol–water partition coefficient (Wildman–Crippen LogP) is 0.865. The van der Waals surface area contributed by atoms with Gasteiger partial charge in [-0.2, -0.15) is 4.31 Å². The molecule has 0 bridgehead atoms. The van der Waals surface area contributed by atoms with Gasteiger partial charge in [0.25, 0.3) is 0 Å². The number of carbonyl (C=O) groups is 2. The SMILES string of the molecule is COc1ccc(CNC(=O)C(=O)NCC2OCCCN2S(=O)(=O)c2ccccc2)cc1. The summed E-state index contributed by atoms with van der Waals surface area (Å²) in [5, 5.41) is 4.98. The lowest BCUT2D eigenvalue weighted by Gasteiger charge is -2.34. The highest BCUT2D eigenvalue weighted by Crippen LogP contribution is 2.21. The Morgan fingerprint density at radius 3 is 2.42 bits per heavy atom. The van der Waals surface area contributed by atoms with Gasteiger partial charge in [-0.25, -0.2) is 8.42 Å². The maximum absolute atomic E-state index is 12.9. The van der Waals surface area contributed by atoms with E-state index in [1.807, 2.05) is 0 Å². The van der Waals surface area contributed by atoms with Crippen molar-refractivity contribution in [1.82, 2.24) is 14.9 Å². The van der Waals surface area contributed by atoms with E-state index in [-0.39, 0.29) is 24.5 Å². The summed E-state index contributed by atoms with van der Waals surface area (Å²) in [5.41, 5.74) is 0.803. The molecule has 0 aliphatic carbocycles. The molecule has 3 rings (SSSR count). The number of carbonyl (C=O) groups excluding carboxylic acids is 2. The molecular weight excluding hydrogens is 422 g/mol. The van der Waals surface area contributed by atoms with E-state index in [1.54, 1.807) is 49.6 Å². The summed E-state index contributed by atoms with van der Waals surface area (Å²) < 4.78 is 37.7. The third-order valence-corrected chi connectivity index (χ3v) is 6.66. The Kier molecular flexibility index (Phi) is 7.61. The maximum Gasteiger partial charge on any atom is 0.309 e. The normalized spacial score (nSPS) is 17.0. The molecule has 9 nitrogen and oxygen atoms in total. The van der Waals surface area contributed by atoms with Crippen LogP contribution in [0.15, 0.2) is 59.5 Å². The van der Waals surface area contributed by atoms with E-state index in [0.29, 0.717) is 18.8 Å². The Bertz CT molecular complexity index is 996. The van der Waals surface area contributed by atoms with Gasteiger partial charge in [0.15, 0.2) is 0 Å². The van der Waals surface area contributed by atoms with Gasteiger partial charge in [-0.1, -0.05) is 30.3 Å². The third kappa shape index (κ3) is 5.81. The van der Waals surface area contributed by atoms with Crippen molar-refractivity contribution in [3.8, 4) is 5.75 Å². The summed E-state index contributed by atoms with van der Waals surface area (Å²) in [6.45, 7) is 0.665. The number of methoxy groups -OCH3 is 1. The number of amides is 2. The number of nitrogens with zero attached hydrogens (tertiary/aromatic N) is 1. The molecule has 0 radical (unpaired) electrons. The lowest BCUT2D eigenvalue weighted by Crippen LogP contribution is -2.53. The second-order valence-electron chi connectivity index (χ2n) is 6.85. The molecule has 2 N–H and O–H groups in total. The predicted molar refractivity (Wildman–Crippen MR) is 113 cm³/mol. The fraction of sp³-hybridized carbons (Fsp3) is 0.333. The van der Waals surface area contributed by atoms with Crippen LogP contribution in [-0.2, 0) is 30.9 Å². The van der Waals surface area contributed by atoms with Crippen LogP contribution in [0.4, 0.5) is 0 Å². The van der Waals surface area contributed by atoms with Crippen LogP contribution in [0.2, 0.25) is 0 Å². The van der Waals surface area contributed by atoms with Crippen LogP contribution < -0.4 is 15.4 Å². The van der Waals surface area contributed by atoms with Gasteiger partial charge in [0.2, 0.25) is 10.0 Å². The minimum absolute atomic E-state index is 0.138. The molecule has 0 saturated carbocycles. The van der Waals surface area contributed by atoms with Crippen molar-refractivity contribution in [2.24, 2.45) is 0 Å². The van der Waals surface area contributed by atoms with E-state index < -0.39 is 28.1 Å². The monoisotopic (exact) mass is 447 g/mol. The van der Waals surface area contributed by atoms with Crippen molar-refractivity contribution in [3.63, 3.8) is 0 Å². The fourth-order valence-electron chi connectivity index (χ4n) is 3.10. The summed E-state index contributed by atoms with van der Waals surface area (Å²) in [7, 11) is -2.23. The van der Waals surface area contributed by atoms with Crippen molar-refractivity contribution in [2.45, 2.75) is 24.1 Å². The lowest BCUT2D eigenvalue weighted by atomic mass is 10.2. The van der Waals surface area contributed by atoms with Crippen LogP contribution in [0, 0.1) is 0 Å². The molecular formula is C21H25N3O6S. The van der Waals surface area contributed by atoms with Crippen LogP contribution >= 0.6 is 0 Å². The maximum atomic E-state index is 12.9. The topological polar surface area (TPSA) is 114 Å². The van der Waals surface area contributed by atoms with Crippen molar-refractivity contribution in [3.05, 3.63) is 60.2 Å². The van der Waals surface area contributed by atoms with Gasteiger partial charge in [0, 0.05) is 13.1 Å². The molecule has 2 aromatic carbocycles. The summed E-state index contributed by atoms with van der Waals surface area (Å²) in [6, 6.07) is 15.1. The van der Waals surface area contributed by atoms with Gasteiger partial charge in [0.1, 0.15) is 12.0 Å². The van der Waals surface area contributed by atoms with E-state index >= 15 is 0 Å². The number of ether oxygens (including phenoxy) is 2. The van der Waals surface area contributed by atoms with Gasteiger partial charge < -0.3 is 20.1 Å². The Balaban J connectivity index is 1.55. The number of rotatable bonds is 7. The number of sulfonamides is 1. The zero-order valence-corrected chi connectivity index (χ0v) is 17.9. The van der Waals surface area contributed by atoms with Crippen LogP contribution in [0.3, 0.4) is 0 Å². The standard InChI is InChI=1S/C21H25N3O6S/c1-29-17-10-8-16(9-11-17)14-22-20(25)21(26)23-15-19-24(12-5-13-30-19)31(27,28)18-6-3-2-4-7-18/h2-4,6-11,19H,5,12-15H2,1H3,(H,22,25)(H,23,26). The van der Waals surface area contributed by atoms with E-state index in [0.717, 1.165) is 5.56 Å². The van der Waals surface area contributed by atoms with Crippen LogP contribution in [-0.4, -0.2) is 57.6 Å². The lowest BCUT2D eigenvalue weighted by molar-refractivity contribution is -0.140. The summed E-state index contributed by atoms with van der Waals surface area (Å²) in [6.07, 6.45) is -0.351. The molecule has 0 aromatic heterocycles. The highest BCUT2D eigenvalue weighted by molar-refractivity contribution is 7.89. The first kappa shape index (κ1) is 22.7. The molecule has 1 saturated heterocycles. The molecule has 2 amide bonds. The second kappa shape index (κ2) is 10.4. The molecule has 0 spiro atoms. The zero-order chi connectivity index (χ0) is 22.3. The van der Waals surface area contributed by atoms with Crippen LogP contribution in [0.1, 0.15) is 12.0 Å². The third-order valence-electron chi connectivity index (χ3n) is 4.76. The second-order valence-corrected chi connectivity index (χ2v) is 8.74. The quantitative estimate of drug-likeness (QED) is 0.609. The number of benzene rings is 2. The summed E-state index contributed by atoms with van der Waals surface area (Å²) in [4.78, 5) is 24.4. The van der Waals surface area contributed by atoms with Crippen molar-refractivity contribution in [2.75, 3.05) is 26.8 Å². The largest absolute Gasteiger partial charge is 0.497 e. The minimum atomic E-state index is -3.79. The number of hydrogen-bond acceptors (Lipinski definition) is 6. The average molecular weight is 448 g/mol. The Hall–Kier alpha value is -2.95. The molecule has 10 heteroatoms. The first-order valence-electron chi connectivity index (χ1n) is 9.79. The van der Waals surface area contributed by atoms with Gasteiger partial charge in [-0.05, 0) is 36.2 Å². The van der Waals surface area contributed by atoms with Crippen molar-refractivity contribution in [1.29, 1.82) is 0 Å². The molecule has 166 valence electrons. The van der Waals surface area contributed by atoms with Gasteiger partial charge >= 0.3 is 11.8 Å². The Labute approximate surface area is 181 Å². The smallest absolute Gasteiger partial charge is 0.309 e. The molecule has 2 aromatic rings. The number of nitrogens with one attached hydrogen (secondary N) is 2.